The molecule has 0 bridgehead atoms. The molecule has 0 aromatic heterocycles. The summed E-state index contributed by atoms with van der Waals surface area (Å²) in [5.41, 5.74) is 0.508. The Labute approximate surface area is 123 Å². The topological polar surface area (TPSA) is 0 Å². The van der Waals surface area contributed by atoms with E-state index in [-0.39, 0.29) is 0 Å². The highest BCUT2D eigenvalue weighted by atomic mass is 14.3. The highest BCUT2D eigenvalue weighted by Crippen LogP contribution is 2.32. The zero-order chi connectivity index (χ0) is 14.6. The Balaban J connectivity index is 3.31. The van der Waals surface area contributed by atoms with Gasteiger partial charge in [0.25, 0.3) is 0 Å². The number of hydrogen-bond donors (Lipinski definition) is 0. The van der Waals surface area contributed by atoms with Crippen LogP contribution in [0.4, 0.5) is 0 Å². The van der Waals surface area contributed by atoms with E-state index in [4.69, 9.17) is 0 Å². The maximum Gasteiger partial charge on any atom is -0.0354 e. The van der Waals surface area contributed by atoms with Crippen molar-refractivity contribution >= 4 is 0 Å². The Morgan fingerprint density at radius 1 is 0.632 bits per heavy atom. The summed E-state index contributed by atoms with van der Waals surface area (Å²) in [4.78, 5) is 0. The van der Waals surface area contributed by atoms with Gasteiger partial charge in [0.15, 0.2) is 0 Å². The first kappa shape index (κ1) is 19.0. The first-order chi connectivity index (χ1) is 9.02. The molecule has 0 aliphatic rings. The molecule has 0 amide bonds. The molecule has 0 nitrogen and oxygen atoms in total. The molecule has 0 heteroatoms. The van der Waals surface area contributed by atoms with Gasteiger partial charge in [0.05, 0.1) is 0 Å². The van der Waals surface area contributed by atoms with Gasteiger partial charge in [-0.15, -0.1) is 0 Å². The first-order valence-corrected chi connectivity index (χ1v) is 9.02. The maximum atomic E-state index is 2.40. The smallest absolute Gasteiger partial charge is 0.0354 e. The molecule has 0 aliphatic heterocycles. The number of unbranched alkanes of at least 4 members (excludes halogenated alkanes) is 9. The summed E-state index contributed by atoms with van der Waals surface area (Å²) in [6.07, 6.45) is 17.3. The van der Waals surface area contributed by atoms with Crippen molar-refractivity contribution in [1.82, 2.24) is 0 Å². The Morgan fingerprint density at radius 2 is 1.05 bits per heavy atom. The predicted molar refractivity (Wildman–Crippen MR) is 89.7 cm³/mol. The van der Waals surface area contributed by atoms with E-state index < -0.39 is 0 Å². The summed E-state index contributed by atoms with van der Waals surface area (Å²) in [7, 11) is 0. The third-order valence-corrected chi connectivity index (χ3v) is 4.62. The van der Waals surface area contributed by atoms with Gasteiger partial charge in [-0.2, -0.15) is 0 Å². The van der Waals surface area contributed by atoms with Gasteiger partial charge in [-0.3, -0.25) is 0 Å². The van der Waals surface area contributed by atoms with Gasteiger partial charge in [0.2, 0.25) is 0 Å². The van der Waals surface area contributed by atoms with E-state index in [9.17, 15) is 0 Å². The molecule has 0 fully saturated rings. The first-order valence-electron chi connectivity index (χ1n) is 9.02. The van der Waals surface area contributed by atoms with Crippen molar-refractivity contribution in [3.8, 4) is 0 Å². The van der Waals surface area contributed by atoms with Gasteiger partial charge in [-0.25, -0.2) is 0 Å². The van der Waals surface area contributed by atoms with Gasteiger partial charge in [0.1, 0.15) is 0 Å². The van der Waals surface area contributed by atoms with E-state index >= 15 is 0 Å². The third kappa shape index (κ3) is 11.5. The van der Waals surface area contributed by atoms with Crippen LogP contribution < -0.4 is 0 Å². The quantitative estimate of drug-likeness (QED) is 0.324. The van der Waals surface area contributed by atoms with Crippen LogP contribution in [0.5, 0.6) is 0 Å². The van der Waals surface area contributed by atoms with E-state index in [1.54, 1.807) is 0 Å². The standard InChI is InChI=1S/C19H40/c1-6-8-9-10-11-12-13-14-15-16-17-18(7-2)19(3,4)5/h18H,6-17H2,1-5H3. The summed E-state index contributed by atoms with van der Waals surface area (Å²) in [5.74, 6) is 0.918. The minimum Gasteiger partial charge on any atom is -0.0654 e. The minimum absolute atomic E-state index is 0.508. The van der Waals surface area contributed by atoms with Crippen molar-refractivity contribution in [2.75, 3.05) is 0 Å². The molecule has 0 aliphatic carbocycles. The second-order valence-electron chi connectivity index (χ2n) is 7.44. The molecule has 116 valence electrons. The lowest BCUT2D eigenvalue weighted by Gasteiger charge is -2.29. The van der Waals surface area contributed by atoms with Crippen LogP contribution in [-0.4, -0.2) is 0 Å². The lowest BCUT2D eigenvalue weighted by Crippen LogP contribution is -2.19. The second-order valence-corrected chi connectivity index (χ2v) is 7.44. The summed E-state index contributed by atoms with van der Waals surface area (Å²) < 4.78 is 0. The van der Waals surface area contributed by atoms with E-state index in [1.807, 2.05) is 0 Å². The molecule has 0 N–H and O–H groups in total. The molecule has 0 rings (SSSR count). The van der Waals surface area contributed by atoms with Crippen molar-refractivity contribution in [2.24, 2.45) is 11.3 Å². The van der Waals surface area contributed by atoms with Crippen molar-refractivity contribution in [2.45, 2.75) is 112 Å². The van der Waals surface area contributed by atoms with Crippen LogP contribution in [0.25, 0.3) is 0 Å². The van der Waals surface area contributed by atoms with E-state index in [2.05, 4.69) is 34.6 Å². The van der Waals surface area contributed by atoms with Gasteiger partial charge in [-0.1, -0.05) is 105 Å². The minimum atomic E-state index is 0.508. The van der Waals surface area contributed by atoms with Gasteiger partial charge < -0.3 is 0 Å². The molecule has 0 radical (unpaired) electrons. The van der Waals surface area contributed by atoms with Crippen molar-refractivity contribution in [3.63, 3.8) is 0 Å². The van der Waals surface area contributed by atoms with E-state index in [0.717, 1.165) is 5.92 Å². The lowest BCUT2D eigenvalue weighted by molar-refractivity contribution is 0.213. The van der Waals surface area contributed by atoms with Crippen LogP contribution in [0.3, 0.4) is 0 Å². The van der Waals surface area contributed by atoms with Crippen LogP contribution in [0.15, 0.2) is 0 Å². The van der Waals surface area contributed by atoms with Crippen molar-refractivity contribution < 1.29 is 0 Å². The fourth-order valence-corrected chi connectivity index (χ4v) is 3.13. The van der Waals surface area contributed by atoms with Crippen molar-refractivity contribution in [3.05, 3.63) is 0 Å². The molecule has 19 heavy (non-hydrogen) atoms. The van der Waals surface area contributed by atoms with E-state index in [1.165, 1.54) is 77.0 Å². The maximum absolute atomic E-state index is 2.40. The average molecular weight is 269 g/mol. The highest BCUT2D eigenvalue weighted by Gasteiger charge is 2.21. The number of hydrogen-bond acceptors (Lipinski definition) is 0. The van der Waals surface area contributed by atoms with Crippen molar-refractivity contribution in [1.29, 1.82) is 0 Å². The van der Waals surface area contributed by atoms with Gasteiger partial charge in [0, 0.05) is 0 Å². The summed E-state index contributed by atoms with van der Waals surface area (Å²) >= 11 is 0. The summed E-state index contributed by atoms with van der Waals surface area (Å²) in [6.45, 7) is 11.8. The van der Waals surface area contributed by atoms with Crippen LogP contribution in [0, 0.1) is 11.3 Å². The largest absolute Gasteiger partial charge is 0.0654 e. The summed E-state index contributed by atoms with van der Waals surface area (Å²) in [6, 6.07) is 0. The molecular weight excluding hydrogens is 228 g/mol. The molecule has 0 aromatic rings. The monoisotopic (exact) mass is 268 g/mol. The normalized spacial score (nSPS) is 13.7. The highest BCUT2D eigenvalue weighted by molar-refractivity contribution is 4.72. The fourth-order valence-electron chi connectivity index (χ4n) is 3.13. The zero-order valence-corrected chi connectivity index (χ0v) is 14.6. The Morgan fingerprint density at radius 3 is 1.42 bits per heavy atom. The molecule has 1 unspecified atom stereocenters. The third-order valence-electron chi connectivity index (χ3n) is 4.62. The average Bonchev–Trinajstić information content (AvgIpc) is 2.34. The van der Waals surface area contributed by atoms with Crippen LogP contribution in [0.2, 0.25) is 0 Å². The molecule has 0 saturated carbocycles. The number of rotatable bonds is 12. The van der Waals surface area contributed by atoms with Gasteiger partial charge in [-0.05, 0) is 17.8 Å². The summed E-state index contributed by atoms with van der Waals surface area (Å²) in [5, 5.41) is 0. The molecular formula is C19H40. The second kappa shape index (κ2) is 11.8. The van der Waals surface area contributed by atoms with Crippen LogP contribution >= 0.6 is 0 Å². The fraction of sp³-hybridized carbons (Fsp3) is 1.00. The Kier molecular flexibility index (Phi) is 11.8. The van der Waals surface area contributed by atoms with E-state index in [0.29, 0.717) is 5.41 Å². The molecule has 0 spiro atoms. The SMILES string of the molecule is CCCCCCCCCCCCC(CC)C(C)(C)C. The predicted octanol–water partition coefficient (Wildman–Crippen LogP) is 7.37. The molecule has 0 heterocycles. The molecule has 1 atom stereocenters. The Hall–Kier alpha value is 0. The molecule has 0 aromatic carbocycles. The van der Waals surface area contributed by atoms with Crippen LogP contribution in [-0.2, 0) is 0 Å². The Bertz CT molecular complexity index is 175. The zero-order valence-electron chi connectivity index (χ0n) is 14.6. The van der Waals surface area contributed by atoms with Gasteiger partial charge >= 0.3 is 0 Å². The molecule has 0 saturated heterocycles. The lowest BCUT2D eigenvalue weighted by atomic mass is 9.76. The van der Waals surface area contributed by atoms with Crippen LogP contribution in [0.1, 0.15) is 112 Å².